The normalized spacial score (nSPS) is 11.7. The van der Waals surface area contributed by atoms with Crippen LogP contribution in [-0.4, -0.2) is 9.91 Å². The van der Waals surface area contributed by atoms with Crippen molar-refractivity contribution in [3.05, 3.63) is 46.1 Å². The minimum absolute atomic E-state index is 0.0472. The van der Waals surface area contributed by atoms with Crippen molar-refractivity contribution in [2.75, 3.05) is 0 Å². The fourth-order valence-electron chi connectivity index (χ4n) is 1.48. The number of nitro groups is 1. The second-order valence-electron chi connectivity index (χ2n) is 3.32. The maximum atomic E-state index is 12.5. The highest BCUT2D eigenvalue weighted by molar-refractivity contribution is 5.88. The second kappa shape index (κ2) is 3.69. The molecule has 0 saturated carbocycles. The maximum Gasteiger partial charge on any atom is 0.416 e. The smallest absolute Gasteiger partial charge is 0.258 e. The lowest BCUT2D eigenvalue weighted by Crippen LogP contribution is -2.06. The Hall–Kier alpha value is -2.18. The van der Waals surface area contributed by atoms with E-state index in [1.807, 2.05) is 0 Å². The number of nitrogens with zero attached hydrogens (tertiary/aromatic N) is 2. The zero-order valence-electron chi connectivity index (χ0n) is 8.23. The van der Waals surface area contributed by atoms with Gasteiger partial charge in [-0.05, 0) is 18.2 Å². The van der Waals surface area contributed by atoms with Crippen LogP contribution in [0.2, 0.25) is 0 Å². The lowest BCUT2D eigenvalue weighted by molar-refractivity contribution is -0.383. The Morgan fingerprint density at radius 1 is 1.29 bits per heavy atom. The molecule has 1 aromatic heterocycles. The minimum atomic E-state index is -4.63. The number of hydrogen-bond acceptors (Lipinski definition) is 3. The molecule has 0 amide bonds. The van der Waals surface area contributed by atoms with Gasteiger partial charge >= 0.3 is 6.18 Å². The van der Waals surface area contributed by atoms with Crippen molar-refractivity contribution in [2.24, 2.45) is 0 Å². The number of hydrogen-bond donors (Lipinski definition) is 0. The third-order valence-corrected chi connectivity index (χ3v) is 2.22. The highest BCUT2D eigenvalue weighted by atomic mass is 19.4. The van der Waals surface area contributed by atoms with Crippen LogP contribution in [0.15, 0.2) is 30.5 Å². The van der Waals surface area contributed by atoms with Crippen LogP contribution < -0.4 is 0 Å². The van der Waals surface area contributed by atoms with Crippen molar-refractivity contribution < 1.29 is 18.1 Å². The van der Waals surface area contributed by atoms with Crippen molar-refractivity contribution >= 4 is 16.6 Å². The highest BCUT2D eigenvalue weighted by Gasteiger charge is 2.33. The van der Waals surface area contributed by atoms with Gasteiger partial charge in [0.1, 0.15) is 0 Å². The molecule has 0 fully saturated rings. The fourth-order valence-corrected chi connectivity index (χ4v) is 1.48. The Kier molecular flexibility index (Phi) is 2.45. The van der Waals surface area contributed by atoms with Gasteiger partial charge < -0.3 is 0 Å². The van der Waals surface area contributed by atoms with Crippen molar-refractivity contribution in [2.45, 2.75) is 6.18 Å². The third-order valence-electron chi connectivity index (χ3n) is 2.22. The Bertz CT molecular complexity index is 596. The van der Waals surface area contributed by atoms with Crippen LogP contribution in [0, 0.1) is 10.1 Å². The van der Waals surface area contributed by atoms with E-state index in [0.717, 1.165) is 6.07 Å². The minimum Gasteiger partial charge on any atom is -0.258 e. The van der Waals surface area contributed by atoms with E-state index in [2.05, 4.69) is 4.98 Å². The molecule has 0 bridgehead atoms. The van der Waals surface area contributed by atoms with E-state index >= 15 is 0 Å². The topological polar surface area (TPSA) is 56.0 Å². The van der Waals surface area contributed by atoms with Crippen molar-refractivity contribution in [3.63, 3.8) is 0 Å². The first-order valence-corrected chi connectivity index (χ1v) is 4.50. The molecule has 0 N–H and O–H groups in total. The van der Waals surface area contributed by atoms with Gasteiger partial charge in [0.2, 0.25) is 0 Å². The van der Waals surface area contributed by atoms with Crippen LogP contribution in [0.5, 0.6) is 0 Å². The number of non-ortho nitro benzene ring substituents is 1. The summed E-state index contributed by atoms with van der Waals surface area (Å²) in [5.41, 5.74) is -1.72. The van der Waals surface area contributed by atoms with Crippen molar-refractivity contribution in [1.29, 1.82) is 0 Å². The van der Waals surface area contributed by atoms with Crippen LogP contribution in [0.25, 0.3) is 10.9 Å². The molecule has 4 nitrogen and oxygen atoms in total. The molecule has 2 rings (SSSR count). The Labute approximate surface area is 92.8 Å². The number of nitro benzene ring substituents is 1. The van der Waals surface area contributed by atoms with E-state index in [1.54, 1.807) is 0 Å². The summed E-state index contributed by atoms with van der Waals surface area (Å²) in [7, 11) is 0. The molecular weight excluding hydrogens is 237 g/mol. The van der Waals surface area contributed by atoms with Crippen LogP contribution in [0.1, 0.15) is 5.56 Å². The van der Waals surface area contributed by atoms with Gasteiger partial charge in [0.25, 0.3) is 5.69 Å². The number of alkyl halides is 3. The number of aromatic nitrogens is 1. The van der Waals surface area contributed by atoms with Crippen molar-refractivity contribution in [3.8, 4) is 0 Å². The largest absolute Gasteiger partial charge is 0.416 e. The standard InChI is InChI=1S/C10H5F3N2O2/c11-10(12,13)6-4-8-7(2-1-3-14-8)9(5-6)15(16)17/h1-5H. The molecule has 0 radical (unpaired) electrons. The van der Waals surface area contributed by atoms with E-state index in [0.29, 0.717) is 6.07 Å². The van der Waals surface area contributed by atoms with E-state index in [4.69, 9.17) is 0 Å². The SMILES string of the molecule is O=[N+]([O-])c1cc(C(F)(F)F)cc2ncccc12. The monoisotopic (exact) mass is 242 g/mol. The highest BCUT2D eigenvalue weighted by Crippen LogP contribution is 2.35. The van der Waals surface area contributed by atoms with Gasteiger partial charge in [-0.3, -0.25) is 15.1 Å². The number of fused-ring (bicyclic) bond motifs is 1. The summed E-state index contributed by atoms with van der Waals surface area (Å²) in [5, 5.41) is 10.8. The molecule has 0 aliphatic rings. The average molecular weight is 242 g/mol. The van der Waals surface area contributed by atoms with E-state index in [1.165, 1.54) is 18.3 Å². The maximum absolute atomic E-state index is 12.5. The van der Waals surface area contributed by atoms with Gasteiger partial charge in [0, 0.05) is 12.3 Å². The molecule has 0 aliphatic carbocycles. The van der Waals surface area contributed by atoms with Crippen LogP contribution in [0.3, 0.4) is 0 Å². The second-order valence-corrected chi connectivity index (χ2v) is 3.32. The molecule has 0 saturated heterocycles. The summed E-state index contributed by atoms with van der Waals surface area (Å²) >= 11 is 0. The molecule has 1 aromatic carbocycles. The van der Waals surface area contributed by atoms with E-state index in [9.17, 15) is 23.3 Å². The summed E-state index contributed by atoms with van der Waals surface area (Å²) in [5.74, 6) is 0. The van der Waals surface area contributed by atoms with Gasteiger partial charge in [-0.1, -0.05) is 0 Å². The Balaban J connectivity index is 2.81. The zero-order chi connectivity index (χ0) is 12.6. The van der Waals surface area contributed by atoms with Gasteiger partial charge in [-0.2, -0.15) is 13.2 Å². The van der Waals surface area contributed by atoms with Gasteiger partial charge in [-0.25, -0.2) is 0 Å². The molecule has 2 aromatic rings. The summed E-state index contributed by atoms with van der Waals surface area (Å²) in [6.07, 6.45) is -3.34. The molecule has 1 heterocycles. The number of benzene rings is 1. The van der Waals surface area contributed by atoms with Gasteiger partial charge in [-0.15, -0.1) is 0 Å². The molecule has 0 atom stereocenters. The van der Waals surface area contributed by atoms with Crippen LogP contribution in [0.4, 0.5) is 18.9 Å². The first kappa shape index (κ1) is 11.3. The summed E-state index contributed by atoms with van der Waals surface area (Å²) in [4.78, 5) is 13.6. The first-order chi connectivity index (χ1) is 7.89. The summed E-state index contributed by atoms with van der Waals surface area (Å²) in [6, 6.07) is 4.11. The lowest BCUT2D eigenvalue weighted by atomic mass is 10.1. The predicted octanol–water partition coefficient (Wildman–Crippen LogP) is 3.16. The molecule has 0 aliphatic heterocycles. The summed E-state index contributed by atoms with van der Waals surface area (Å²) in [6.45, 7) is 0. The number of halogens is 3. The molecule has 17 heavy (non-hydrogen) atoms. The van der Waals surface area contributed by atoms with Crippen LogP contribution in [-0.2, 0) is 6.18 Å². The predicted molar refractivity (Wildman–Crippen MR) is 53.4 cm³/mol. The Morgan fingerprint density at radius 2 is 2.00 bits per heavy atom. The first-order valence-electron chi connectivity index (χ1n) is 4.50. The van der Waals surface area contributed by atoms with E-state index < -0.39 is 22.4 Å². The van der Waals surface area contributed by atoms with Gasteiger partial charge in [0.15, 0.2) is 0 Å². The third kappa shape index (κ3) is 2.03. The molecule has 7 heteroatoms. The Morgan fingerprint density at radius 3 is 2.59 bits per heavy atom. The molecular formula is C10H5F3N2O2. The summed E-state index contributed by atoms with van der Waals surface area (Å²) < 4.78 is 37.5. The van der Waals surface area contributed by atoms with E-state index in [-0.39, 0.29) is 10.9 Å². The molecule has 88 valence electrons. The quantitative estimate of drug-likeness (QED) is 0.570. The lowest BCUT2D eigenvalue weighted by Gasteiger charge is -2.07. The number of rotatable bonds is 1. The molecule has 0 unspecified atom stereocenters. The fraction of sp³-hybridized carbons (Fsp3) is 0.100. The van der Waals surface area contributed by atoms with Crippen LogP contribution >= 0.6 is 0 Å². The van der Waals surface area contributed by atoms with Crippen molar-refractivity contribution in [1.82, 2.24) is 4.98 Å². The molecule has 0 spiro atoms. The number of pyridine rings is 1. The van der Waals surface area contributed by atoms with Gasteiger partial charge in [0.05, 0.1) is 21.4 Å². The average Bonchev–Trinajstić information content (AvgIpc) is 2.26. The zero-order valence-corrected chi connectivity index (χ0v) is 8.23.